The number of anilines is 2. The number of para-hydroxylation sites is 1. The molecule has 1 saturated heterocycles. The lowest BCUT2D eigenvalue weighted by Gasteiger charge is -2.39. The van der Waals surface area contributed by atoms with Gasteiger partial charge in [0.25, 0.3) is 0 Å². The molecule has 0 atom stereocenters. The van der Waals surface area contributed by atoms with E-state index in [0.29, 0.717) is 6.04 Å². The first-order chi connectivity index (χ1) is 8.85. The van der Waals surface area contributed by atoms with Crippen LogP contribution in [0.15, 0.2) is 30.3 Å². The van der Waals surface area contributed by atoms with Crippen LogP contribution in [-0.2, 0) is 6.42 Å². The molecule has 5 heteroatoms. The lowest BCUT2D eigenvalue weighted by Crippen LogP contribution is -2.54. The van der Waals surface area contributed by atoms with E-state index in [2.05, 4.69) is 50.8 Å². The van der Waals surface area contributed by atoms with Crippen LogP contribution >= 0.6 is 11.5 Å². The van der Waals surface area contributed by atoms with E-state index >= 15 is 0 Å². The normalized spacial score (nSPS) is 15.5. The Kier molecular flexibility index (Phi) is 3.15. The number of hydrogen-bond acceptors (Lipinski definition) is 5. The highest BCUT2D eigenvalue weighted by molar-refractivity contribution is 7.09. The smallest absolute Gasteiger partial charge is 0.205 e. The van der Waals surface area contributed by atoms with Crippen molar-refractivity contribution in [3.63, 3.8) is 0 Å². The maximum Gasteiger partial charge on any atom is 0.205 e. The molecule has 0 amide bonds. The van der Waals surface area contributed by atoms with Crippen molar-refractivity contribution in [2.45, 2.75) is 19.4 Å². The van der Waals surface area contributed by atoms with Gasteiger partial charge in [-0.3, -0.25) is 0 Å². The topological polar surface area (TPSA) is 41.1 Å². The van der Waals surface area contributed by atoms with Gasteiger partial charge in [0.15, 0.2) is 0 Å². The number of nitrogens with zero attached hydrogens (tertiary/aromatic N) is 3. The molecule has 0 saturated carbocycles. The number of nitrogens with one attached hydrogen (secondary N) is 1. The molecule has 1 fully saturated rings. The zero-order valence-electron chi connectivity index (χ0n) is 10.3. The van der Waals surface area contributed by atoms with Crippen molar-refractivity contribution in [2.24, 2.45) is 0 Å². The number of rotatable bonds is 4. The standard InChI is InChI=1S/C13H16N4S/c1-2-12-15-13(18-16-12)17-8-11(9-17)14-10-6-4-3-5-7-10/h3-7,11,14H,2,8-9H2,1H3. The Morgan fingerprint density at radius 2 is 2.11 bits per heavy atom. The van der Waals surface area contributed by atoms with Crippen LogP contribution in [0, 0.1) is 0 Å². The van der Waals surface area contributed by atoms with Gasteiger partial charge in [-0.25, -0.2) is 4.98 Å². The van der Waals surface area contributed by atoms with E-state index in [0.717, 1.165) is 30.5 Å². The highest BCUT2D eigenvalue weighted by Crippen LogP contribution is 2.24. The van der Waals surface area contributed by atoms with E-state index in [9.17, 15) is 0 Å². The number of aryl methyl sites for hydroxylation is 1. The second-order valence-electron chi connectivity index (χ2n) is 4.46. The van der Waals surface area contributed by atoms with Crippen molar-refractivity contribution in [1.82, 2.24) is 9.36 Å². The Hall–Kier alpha value is -1.62. The van der Waals surface area contributed by atoms with Gasteiger partial charge in [-0.15, -0.1) is 0 Å². The first-order valence-corrected chi connectivity index (χ1v) is 7.01. The maximum absolute atomic E-state index is 4.50. The summed E-state index contributed by atoms with van der Waals surface area (Å²) in [5.41, 5.74) is 1.19. The lowest BCUT2D eigenvalue weighted by molar-refractivity contribution is 0.549. The minimum Gasteiger partial charge on any atom is -0.379 e. The molecule has 0 unspecified atom stereocenters. The fraction of sp³-hybridized carbons (Fsp3) is 0.385. The Bertz CT molecular complexity index is 505. The van der Waals surface area contributed by atoms with Crippen molar-refractivity contribution in [1.29, 1.82) is 0 Å². The minimum atomic E-state index is 0.515. The fourth-order valence-corrected chi connectivity index (χ4v) is 2.78. The SMILES string of the molecule is CCc1nsc(N2CC(Nc3ccccc3)C2)n1. The highest BCUT2D eigenvalue weighted by Gasteiger charge is 2.28. The third kappa shape index (κ3) is 2.31. The molecule has 0 bridgehead atoms. The van der Waals surface area contributed by atoms with E-state index in [1.807, 2.05) is 6.07 Å². The van der Waals surface area contributed by atoms with Gasteiger partial charge in [-0.05, 0) is 12.1 Å². The highest BCUT2D eigenvalue weighted by atomic mass is 32.1. The van der Waals surface area contributed by atoms with Gasteiger partial charge < -0.3 is 10.2 Å². The van der Waals surface area contributed by atoms with Gasteiger partial charge in [0.2, 0.25) is 5.13 Å². The van der Waals surface area contributed by atoms with Gasteiger partial charge in [-0.1, -0.05) is 25.1 Å². The molecule has 0 spiro atoms. The molecule has 94 valence electrons. The quantitative estimate of drug-likeness (QED) is 0.916. The van der Waals surface area contributed by atoms with Crippen molar-refractivity contribution in [3.05, 3.63) is 36.2 Å². The average molecular weight is 260 g/mol. The zero-order chi connectivity index (χ0) is 12.4. The molecule has 1 aliphatic rings. The van der Waals surface area contributed by atoms with Crippen LogP contribution in [0.5, 0.6) is 0 Å². The van der Waals surface area contributed by atoms with Crippen LogP contribution in [0.3, 0.4) is 0 Å². The molecule has 1 aromatic carbocycles. The summed E-state index contributed by atoms with van der Waals surface area (Å²) in [4.78, 5) is 6.77. The molecule has 18 heavy (non-hydrogen) atoms. The summed E-state index contributed by atoms with van der Waals surface area (Å²) in [5.74, 6) is 0.953. The first-order valence-electron chi connectivity index (χ1n) is 6.24. The monoisotopic (exact) mass is 260 g/mol. The summed E-state index contributed by atoms with van der Waals surface area (Å²) in [7, 11) is 0. The number of aromatic nitrogens is 2. The molecular formula is C13H16N4S. The Morgan fingerprint density at radius 1 is 1.33 bits per heavy atom. The molecule has 1 aliphatic heterocycles. The zero-order valence-corrected chi connectivity index (χ0v) is 11.2. The van der Waals surface area contributed by atoms with Crippen molar-refractivity contribution < 1.29 is 0 Å². The predicted octanol–water partition coefficient (Wildman–Crippen LogP) is 2.40. The van der Waals surface area contributed by atoms with E-state index in [1.54, 1.807) is 0 Å². The van der Waals surface area contributed by atoms with Crippen LogP contribution in [0.4, 0.5) is 10.8 Å². The summed E-state index contributed by atoms with van der Waals surface area (Å²) in [6.45, 7) is 4.10. The van der Waals surface area contributed by atoms with Gasteiger partial charge in [0.05, 0.1) is 6.04 Å². The van der Waals surface area contributed by atoms with E-state index in [-0.39, 0.29) is 0 Å². The summed E-state index contributed by atoms with van der Waals surface area (Å²) in [6.07, 6.45) is 0.913. The maximum atomic E-state index is 4.50. The molecule has 3 rings (SSSR count). The van der Waals surface area contributed by atoms with E-state index in [1.165, 1.54) is 17.2 Å². The molecule has 1 N–H and O–H groups in total. The summed E-state index contributed by atoms with van der Waals surface area (Å²) in [5, 5.41) is 4.57. The Labute approximate surface area is 111 Å². The first kappa shape index (κ1) is 11.5. The van der Waals surface area contributed by atoms with Crippen LogP contribution < -0.4 is 10.2 Å². The molecule has 4 nitrogen and oxygen atoms in total. The molecule has 0 aliphatic carbocycles. The second-order valence-corrected chi connectivity index (χ2v) is 5.19. The van der Waals surface area contributed by atoms with E-state index in [4.69, 9.17) is 0 Å². The molecule has 1 aromatic heterocycles. The van der Waals surface area contributed by atoms with Gasteiger partial charge >= 0.3 is 0 Å². The fourth-order valence-electron chi connectivity index (χ4n) is 2.01. The second kappa shape index (κ2) is 4.94. The average Bonchev–Trinajstić information content (AvgIpc) is 2.83. The molecular weight excluding hydrogens is 244 g/mol. The van der Waals surface area contributed by atoms with Crippen molar-refractivity contribution >= 4 is 22.4 Å². The predicted molar refractivity (Wildman–Crippen MR) is 75.4 cm³/mol. The van der Waals surface area contributed by atoms with Gasteiger partial charge in [-0.2, -0.15) is 4.37 Å². The molecule has 0 radical (unpaired) electrons. The lowest BCUT2D eigenvalue weighted by atomic mass is 10.1. The summed E-state index contributed by atoms with van der Waals surface area (Å²) >= 11 is 1.50. The number of benzene rings is 1. The summed E-state index contributed by atoms with van der Waals surface area (Å²) in [6, 6.07) is 10.9. The minimum absolute atomic E-state index is 0.515. The van der Waals surface area contributed by atoms with Gasteiger partial charge in [0, 0.05) is 36.7 Å². The van der Waals surface area contributed by atoms with Crippen LogP contribution in [0.1, 0.15) is 12.7 Å². The van der Waals surface area contributed by atoms with Crippen LogP contribution in [0.25, 0.3) is 0 Å². The van der Waals surface area contributed by atoms with E-state index < -0.39 is 0 Å². The Morgan fingerprint density at radius 3 is 2.78 bits per heavy atom. The summed E-state index contributed by atoms with van der Waals surface area (Å²) < 4.78 is 4.32. The number of hydrogen-bond donors (Lipinski definition) is 1. The molecule has 2 heterocycles. The van der Waals surface area contributed by atoms with Crippen LogP contribution in [0.2, 0.25) is 0 Å². The van der Waals surface area contributed by atoms with Crippen LogP contribution in [-0.4, -0.2) is 28.5 Å². The third-order valence-corrected chi connectivity index (χ3v) is 3.89. The largest absolute Gasteiger partial charge is 0.379 e. The molecule has 2 aromatic rings. The van der Waals surface area contributed by atoms with Gasteiger partial charge in [0.1, 0.15) is 5.82 Å². The Balaban J connectivity index is 1.54. The third-order valence-electron chi connectivity index (χ3n) is 3.07. The van der Waals surface area contributed by atoms with Crippen molar-refractivity contribution in [3.8, 4) is 0 Å². The van der Waals surface area contributed by atoms with Crippen molar-refractivity contribution in [2.75, 3.05) is 23.3 Å².